The van der Waals surface area contributed by atoms with Crippen molar-refractivity contribution in [3.8, 4) is 0 Å². The molecule has 3 aromatic rings. The van der Waals surface area contributed by atoms with Crippen LogP contribution in [0.5, 0.6) is 0 Å². The van der Waals surface area contributed by atoms with E-state index in [1.54, 1.807) is 12.3 Å². The highest BCUT2D eigenvalue weighted by Gasteiger charge is 2.25. The number of rotatable bonds is 8. The molecule has 0 aliphatic rings. The number of carbonyl (C=O) groups is 2. The number of nitrogens with zero attached hydrogens (tertiary/aromatic N) is 1. The molecule has 1 heterocycles. The van der Waals surface area contributed by atoms with Gasteiger partial charge in [-0.2, -0.15) is 0 Å². The maximum absolute atomic E-state index is 13.2. The largest absolute Gasteiger partial charge is 0.384 e. The minimum Gasteiger partial charge on any atom is -0.384 e. The first-order valence-electron chi connectivity index (χ1n) is 10.4. The van der Waals surface area contributed by atoms with E-state index in [2.05, 4.69) is 15.6 Å². The molecule has 0 fully saturated rings. The molecular weight excluding hydrogens is 390 g/mol. The van der Waals surface area contributed by atoms with Crippen LogP contribution in [0, 0.1) is 5.92 Å². The summed E-state index contributed by atoms with van der Waals surface area (Å²) in [4.78, 5) is 29.7. The summed E-state index contributed by atoms with van der Waals surface area (Å²) in [7, 11) is 0. The SMILES string of the molecule is CC(C)[C@@H](N)C(=O)NCC(C(=O)NCc1ccc(N)nc1)c1cccc2ccccc12. The smallest absolute Gasteiger partial charge is 0.237 e. The Morgan fingerprint density at radius 2 is 1.71 bits per heavy atom. The van der Waals surface area contributed by atoms with Crippen molar-refractivity contribution in [3.05, 3.63) is 71.9 Å². The summed E-state index contributed by atoms with van der Waals surface area (Å²) in [5, 5.41) is 7.82. The topological polar surface area (TPSA) is 123 Å². The van der Waals surface area contributed by atoms with Gasteiger partial charge in [0.1, 0.15) is 5.82 Å². The number of fused-ring (bicyclic) bond motifs is 1. The second-order valence-corrected chi connectivity index (χ2v) is 7.95. The Labute approximate surface area is 182 Å². The fourth-order valence-corrected chi connectivity index (χ4v) is 3.37. The van der Waals surface area contributed by atoms with Gasteiger partial charge < -0.3 is 22.1 Å². The Bertz CT molecular complexity index is 1040. The van der Waals surface area contributed by atoms with Crippen LogP contribution in [0.1, 0.15) is 30.9 Å². The number of hydrogen-bond acceptors (Lipinski definition) is 5. The van der Waals surface area contributed by atoms with Gasteiger partial charge in [0.2, 0.25) is 11.8 Å². The van der Waals surface area contributed by atoms with Crippen LogP contribution in [-0.2, 0) is 16.1 Å². The van der Waals surface area contributed by atoms with Crippen LogP contribution in [0.25, 0.3) is 10.8 Å². The molecule has 7 nitrogen and oxygen atoms in total. The molecule has 2 amide bonds. The number of nitrogen functional groups attached to an aromatic ring is 1. The average Bonchev–Trinajstić information content (AvgIpc) is 2.78. The predicted octanol–water partition coefficient (Wildman–Crippen LogP) is 2.32. The van der Waals surface area contributed by atoms with Gasteiger partial charge in [0.25, 0.3) is 0 Å². The summed E-state index contributed by atoms with van der Waals surface area (Å²) in [5.74, 6) is -0.603. The van der Waals surface area contributed by atoms with E-state index >= 15 is 0 Å². The number of aromatic nitrogens is 1. The molecule has 31 heavy (non-hydrogen) atoms. The van der Waals surface area contributed by atoms with Crippen LogP contribution in [0.15, 0.2) is 60.8 Å². The molecule has 0 saturated heterocycles. The molecule has 3 rings (SSSR count). The number of nitrogens with two attached hydrogens (primary N) is 2. The lowest BCUT2D eigenvalue weighted by Gasteiger charge is -2.22. The Balaban J connectivity index is 1.83. The van der Waals surface area contributed by atoms with Gasteiger partial charge in [-0.1, -0.05) is 62.4 Å². The molecule has 7 heteroatoms. The second kappa shape index (κ2) is 10.0. The molecule has 0 spiro atoms. The first-order chi connectivity index (χ1) is 14.9. The van der Waals surface area contributed by atoms with E-state index in [0.717, 1.165) is 21.9 Å². The summed E-state index contributed by atoms with van der Waals surface area (Å²) in [6.07, 6.45) is 1.63. The number of benzene rings is 2. The quantitative estimate of drug-likeness (QED) is 0.446. The van der Waals surface area contributed by atoms with Gasteiger partial charge in [0.15, 0.2) is 0 Å². The highest BCUT2D eigenvalue weighted by molar-refractivity contribution is 5.93. The van der Waals surface area contributed by atoms with E-state index in [4.69, 9.17) is 11.5 Å². The molecule has 2 atom stereocenters. The summed E-state index contributed by atoms with van der Waals surface area (Å²) in [5.41, 5.74) is 13.3. The molecule has 2 aromatic carbocycles. The minimum atomic E-state index is -0.628. The molecular formula is C24H29N5O2. The van der Waals surface area contributed by atoms with E-state index in [1.165, 1.54) is 0 Å². The monoisotopic (exact) mass is 419 g/mol. The zero-order valence-corrected chi connectivity index (χ0v) is 17.8. The molecule has 162 valence electrons. The number of pyridine rings is 1. The number of nitrogens with one attached hydrogen (secondary N) is 2. The lowest BCUT2D eigenvalue weighted by atomic mass is 9.92. The molecule has 1 aromatic heterocycles. The zero-order chi connectivity index (χ0) is 22.4. The summed E-state index contributed by atoms with van der Waals surface area (Å²) >= 11 is 0. The third kappa shape index (κ3) is 5.58. The van der Waals surface area contributed by atoms with Crippen molar-refractivity contribution in [1.29, 1.82) is 0 Å². The van der Waals surface area contributed by atoms with E-state index < -0.39 is 12.0 Å². The Morgan fingerprint density at radius 3 is 2.42 bits per heavy atom. The first kappa shape index (κ1) is 22.2. The fraction of sp³-hybridized carbons (Fsp3) is 0.292. The number of hydrogen-bond donors (Lipinski definition) is 4. The summed E-state index contributed by atoms with van der Waals surface area (Å²) in [6.45, 7) is 4.24. The highest BCUT2D eigenvalue weighted by Crippen LogP contribution is 2.26. The number of carbonyl (C=O) groups excluding carboxylic acids is 2. The predicted molar refractivity (Wildman–Crippen MR) is 123 cm³/mol. The van der Waals surface area contributed by atoms with E-state index in [-0.39, 0.29) is 24.3 Å². The van der Waals surface area contributed by atoms with Crippen molar-refractivity contribution in [2.75, 3.05) is 12.3 Å². The van der Waals surface area contributed by atoms with Crippen molar-refractivity contribution in [3.63, 3.8) is 0 Å². The average molecular weight is 420 g/mol. The molecule has 0 aliphatic carbocycles. The minimum absolute atomic E-state index is 0.00264. The van der Waals surface area contributed by atoms with Gasteiger partial charge in [0, 0.05) is 19.3 Å². The molecule has 1 unspecified atom stereocenters. The van der Waals surface area contributed by atoms with E-state index in [9.17, 15) is 9.59 Å². The van der Waals surface area contributed by atoms with Crippen LogP contribution in [0.3, 0.4) is 0 Å². The van der Waals surface area contributed by atoms with Gasteiger partial charge in [0.05, 0.1) is 12.0 Å². The van der Waals surface area contributed by atoms with Crippen molar-refractivity contribution in [2.45, 2.75) is 32.4 Å². The van der Waals surface area contributed by atoms with E-state index in [1.807, 2.05) is 62.4 Å². The zero-order valence-electron chi connectivity index (χ0n) is 17.8. The highest BCUT2D eigenvalue weighted by atomic mass is 16.2. The third-order valence-electron chi connectivity index (χ3n) is 5.33. The van der Waals surface area contributed by atoms with Gasteiger partial charge in [-0.3, -0.25) is 9.59 Å². The third-order valence-corrected chi connectivity index (χ3v) is 5.33. The molecule has 0 saturated carbocycles. The Morgan fingerprint density at radius 1 is 0.968 bits per heavy atom. The van der Waals surface area contributed by atoms with Crippen LogP contribution in [0.2, 0.25) is 0 Å². The van der Waals surface area contributed by atoms with Crippen LogP contribution in [0.4, 0.5) is 5.82 Å². The maximum atomic E-state index is 13.2. The first-order valence-corrected chi connectivity index (χ1v) is 10.4. The Hall–Kier alpha value is -3.45. The fourth-order valence-electron chi connectivity index (χ4n) is 3.37. The second-order valence-electron chi connectivity index (χ2n) is 7.95. The van der Waals surface area contributed by atoms with E-state index in [0.29, 0.717) is 12.4 Å². The molecule has 0 radical (unpaired) electrons. The van der Waals surface area contributed by atoms with Gasteiger partial charge in [-0.05, 0) is 33.9 Å². The van der Waals surface area contributed by atoms with Crippen molar-refractivity contribution in [2.24, 2.45) is 11.7 Å². The van der Waals surface area contributed by atoms with Gasteiger partial charge in [-0.15, -0.1) is 0 Å². The van der Waals surface area contributed by atoms with Crippen LogP contribution < -0.4 is 22.1 Å². The molecule has 0 bridgehead atoms. The van der Waals surface area contributed by atoms with Gasteiger partial charge >= 0.3 is 0 Å². The number of amides is 2. The summed E-state index contributed by atoms with van der Waals surface area (Å²) < 4.78 is 0. The van der Waals surface area contributed by atoms with Crippen LogP contribution in [-0.4, -0.2) is 29.4 Å². The standard InChI is InChI=1S/C24H29N5O2/c1-15(2)22(26)24(31)29-14-20(19-9-5-7-17-6-3-4-8-18(17)19)23(30)28-13-16-10-11-21(25)27-12-16/h3-12,15,20,22H,13-14,26H2,1-2H3,(H2,25,27)(H,28,30)(H,29,31)/t20?,22-/m1/s1. The maximum Gasteiger partial charge on any atom is 0.237 e. The van der Waals surface area contributed by atoms with Crippen molar-refractivity contribution in [1.82, 2.24) is 15.6 Å². The normalized spacial score (nSPS) is 13.0. The molecule has 0 aliphatic heterocycles. The van der Waals surface area contributed by atoms with Crippen LogP contribution >= 0.6 is 0 Å². The lowest BCUT2D eigenvalue weighted by molar-refractivity contribution is -0.124. The summed E-state index contributed by atoms with van der Waals surface area (Å²) in [6, 6.07) is 16.6. The van der Waals surface area contributed by atoms with Crippen molar-refractivity contribution < 1.29 is 9.59 Å². The number of anilines is 1. The van der Waals surface area contributed by atoms with Crippen molar-refractivity contribution >= 4 is 28.4 Å². The van der Waals surface area contributed by atoms with Gasteiger partial charge in [-0.25, -0.2) is 4.98 Å². The lowest BCUT2D eigenvalue weighted by Crippen LogP contribution is -2.46. The Kier molecular flexibility index (Phi) is 7.20. The molecule has 6 N–H and O–H groups in total.